The van der Waals surface area contributed by atoms with E-state index in [9.17, 15) is 9.59 Å². The molecule has 6 heteroatoms. The van der Waals surface area contributed by atoms with E-state index in [1.807, 2.05) is 0 Å². The van der Waals surface area contributed by atoms with E-state index in [4.69, 9.17) is 17.3 Å². The summed E-state index contributed by atoms with van der Waals surface area (Å²) < 4.78 is 0. The number of nitrogen functional groups attached to an aromatic ring is 1. The van der Waals surface area contributed by atoms with Gasteiger partial charge in [-0.15, -0.1) is 0 Å². The zero-order valence-corrected chi connectivity index (χ0v) is 10.5. The molecule has 0 radical (unpaired) electrons. The molecule has 1 aromatic rings. The molecule has 96 valence electrons. The van der Waals surface area contributed by atoms with Crippen molar-refractivity contribution >= 4 is 29.1 Å². The predicted octanol–water partition coefficient (Wildman–Crippen LogP) is 0.931. The van der Waals surface area contributed by atoms with Crippen molar-refractivity contribution in [2.45, 2.75) is 18.9 Å². The standard InChI is InChI=1S/C12H14ClN3O2/c13-7-3-4-8(9(14)6-7)11(17)16-10-2-1-5-15-12(10)18/h3-4,6,10H,1-2,5,14H2,(H,15,18)(H,16,17). The Hall–Kier alpha value is -1.75. The van der Waals surface area contributed by atoms with Crippen LogP contribution in [0.15, 0.2) is 18.2 Å². The Morgan fingerprint density at radius 2 is 2.28 bits per heavy atom. The van der Waals surface area contributed by atoms with E-state index < -0.39 is 6.04 Å². The molecule has 5 nitrogen and oxygen atoms in total. The van der Waals surface area contributed by atoms with E-state index in [0.29, 0.717) is 29.2 Å². The summed E-state index contributed by atoms with van der Waals surface area (Å²) in [5.74, 6) is -0.506. The summed E-state index contributed by atoms with van der Waals surface area (Å²) >= 11 is 5.76. The zero-order valence-electron chi connectivity index (χ0n) is 9.70. The lowest BCUT2D eigenvalue weighted by Crippen LogP contribution is -2.50. The highest BCUT2D eigenvalue weighted by Gasteiger charge is 2.24. The number of nitrogens with two attached hydrogens (primary N) is 1. The molecule has 0 aromatic heterocycles. The number of rotatable bonds is 2. The maximum Gasteiger partial charge on any atom is 0.254 e. The molecule has 1 aliphatic rings. The molecule has 18 heavy (non-hydrogen) atoms. The number of hydrogen-bond donors (Lipinski definition) is 3. The fourth-order valence-corrected chi connectivity index (χ4v) is 2.07. The number of carbonyl (C=O) groups is 2. The Labute approximate surface area is 110 Å². The maximum absolute atomic E-state index is 12.0. The van der Waals surface area contributed by atoms with Crippen molar-refractivity contribution in [1.82, 2.24) is 10.6 Å². The third kappa shape index (κ3) is 2.73. The Balaban J connectivity index is 2.09. The van der Waals surface area contributed by atoms with E-state index in [0.717, 1.165) is 6.42 Å². The normalized spacial score (nSPS) is 19.2. The molecule has 2 rings (SSSR count). The van der Waals surface area contributed by atoms with Crippen LogP contribution in [-0.4, -0.2) is 24.4 Å². The number of halogens is 1. The summed E-state index contributed by atoms with van der Waals surface area (Å²) in [5.41, 5.74) is 6.35. The van der Waals surface area contributed by atoms with E-state index in [-0.39, 0.29) is 11.8 Å². The highest BCUT2D eigenvalue weighted by Crippen LogP contribution is 2.18. The van der Waals surface area contributed by atoms with Crippen LogP contribution < -0.4 is 16.4 Å². The highest BCUT2D eigenvalue weighted by molar-refractivity contribution is 6.31. The molecule has 1 unspecified atom stereocenters. The van der Waals surface area contributed by atoms with Crippen LogP contribution in [0.3, 0.4) is 0 Å². The number of nitrogens with one attached hydrogen (secondary N) is 2. The Bertz CT molecular complexity index is 490. The summed E-state index contributed by atoms with van der Waals surface area (Å²) in [6, 6.07) is 4.17. The fourth-order valence-electron chi connectivity index (χ4n) is 1.89. The first-order chi connectivity index (χ1) is 8.58. The molecule has 4 N–H and O–H groups in total. The molecule has 1 atom stereocenters. The molecule has 1 saturated heterocycles. The fraction of sp³-hybridized carbons (Fsp3) is 0.333. The van der Waals surface area contributed by atoms with Gasteiger partial charge in [0, 0.05) is 17.3 Å². The molecule has 0 bridgehead atoms. The second-order valence-electron chi connectivity index (χ2n) is 4.19. The molecule has 1 aliphatic heterocycles. The van der Waals surface area contributed by atoms with Crippen molar-refractivity contribution in [3.05, 3.63) is 28.8 Å². The Kier molecular flexibility index (Phi) is 3.72. The SMILES string of the molecule is Nc1cc(Cl)ccc1C(=O)NC1CCCNC1=O. The topological polar surface area (TPSA) is 84.2 Å². The summed E-state index contributed by atoms with van der Waals surface area (Å²) in [7, 11) is 0. The second kappa shape index (κ2) is 5.27. The minimum Gasteiger partial charge on any atom is -0.398 e. The summed E-state index contributed by atoms with van der Waals surface area (Å²) in [6.07, 6.45) is 1.50. The molecule has 0 saturated carbocycles. The lowest BCUT2D eigenvalue weighted by molar-refractivity contribution is -0.124. The third-order valence-corrected chi connectivity index (χ3v) is 3.08. The summed E-state index contributed by atoms with van der Waals surface area (Å²) in [6.45, 7) is 0.661. The van der Waals surface area contributed by atoms with Crippen molar-refractivity contribution in [2.75, 3.05) is 12.3 Å². The van der Waals surface area contributed by atoms with Crippen LogP contribution in [0.25, 0.3) is 0 Å². The molecular formula is C12H14ClN3O2. The summed E-state index contributed by atoms with van der Waals surface area (Å²) in [4.78, 5) is 23.5. The minimum absolute atomic E-state index is 0.151. The van der Waals surface area contributed by atoms with Crippen LogP contribution in [0.5, 0.6) is 0 Å². The third-order valence-electron chi connectivity index (χ3n) is 2.85. The van der Waals surface area contributed by atoms with Crippen molar-refractivity contribution in [3.8, 4) is 0 Å². The monoisotopic (exact) mass is 267 g/mol. The second-order valence-corrected chi connectivity index (χ2v) is 4.63. The van der Waals surface area contributed by atoms with E-state index >= 15 is 0 Å². The average molecular weight is 268 g/mol. The summed E-state index contributed by atoms with van der Waals surface area (Å²) in [5, 5.41) is 5.85. The number of anilines is 1. The molecule has 1 aromatic carbocycles. The van der Waals surface area contributed by atoms with Crippen molar-refractivity contribution in [1.29, 1.82) is 0 Å². The van der Waals surface area contributed by atoms with Gasteiger partial charge in [0.15, 0.2) is 0 Å². The smallest absolute Gasteiger partial charge is 0.254 e. The average Bonchev–Trinajstić information content (AvgIpc) is 2.32. The van der Waals surface area contributed by atoms with Gasteiger partial charge < -0.3 is 16.4 Å². The van der Waals surface area contributed by atoms with Gasteiger partial charge in [-0.1, -0.05) is 11.6 Å². The number of piperidine rings is 1. The number of carbonyl (C=O) groups excluding carboxylic acids is 2. The Morgan fingerprint density at radius 3 is 2.94 bits per heavy atom. The highest BCUT2D eigenvalue weighted by atomic mass is 35.5. The molecular weight excluding hydrogens is 254 g/mol. The van der Waals surface area contributed by atoms with Crippen LogP contribution in [0, 0.1) is 0 Å². The van der Waals surface area contributed by atoms with Crippen LogP contribution in [0.4, 0.5) is 5.69 Å². The van der Waals surface area contributed by atoms with Crippen LogP contribution in [0.2, 0.25) is 5.02 Å². The van der Waals surface area contributed by atoms with Gasteiger partial charge in [-0.05, 0) is 31.0 Å². The lowest BCUT2D eigenvalue weighted by Gasteiger charge is -2.23. The van der Waals surface area contributed by atoms with Gasteiger partial charge in [0.1, 0.15) is 6.04 Å². The molecule has 1 fully saturated rings. The van der Waals surface area contributed by atoms with Gasteiger partial charge in [0.25, 0.3) is 5.91 Å². The van der Waals surface area contributed by atoms with Gasteiger partial charge >= 0.3 is 0 Å². The molecule has 0 aliphatic carbocycles. The van der Waals surface area contributed by atoms with E-state index in [1.165, 1.54) is 6.07 Å². The van der Waals surface area contributed by atoms with Crippen molar-refractivity contribution in [3.63, 3.8) is 0 Å². The predicted molar refractivity (Wildman–Crippen MR) is 69.4 cm³/mol. The first-order valence-corrected chi connectivity index (χ1v) is 6.09. The maximum atomic E-state index is 12.0. The van der Waals surface area contributed by atoms with E-state index in [1.54, 1.807) is 12.1 Å². The van der Waals surface area contributed by atoms with Crippen LogP contribution >= 0.6 is 11.6 Å². The van der Waals surface area contributed by atoms with Gasteiger partial charge in [-0.3, -0.25) is 9.59 Å². The molecule has 2 amide bonds. The number of amides is 2. The Morgan fingerprint density at radius 1 is 1.50 bits per heavy atom. The van der Waals surface area contributed by atoms with Gasteiger partial charge in [-0.25, -0.2) is 0 Å². The first kappa shape index (κ1) is 12.7. The molecule has 0 spiro atoms. The van der Waals surface area contributed by atoms with Gasteiger partial charge in [0.05, 0.1) is 5.56 Å². The molecule has 1 heterocycles. The first-order valence-electron chi connectivity index (χ1n) is 5.71. The lowest BCUT2D eigenvalue weighted by atomic mass is 10.1. The van der Waals surface area contributed by atoms with Gasteiger partial charge in [0.2, 0.25) is 5.91 Å². The van der Waals surface area contributed by atoms with E-state index in [2.05, 4.69) is 10.6 Å². The van der Waals surface area contributed by atoms with Crippen molar-refractivity contribution < 1.29 is 9.59 Å². The number of benzene rings is 1. The number of hydrogen-bond acceptors (Lipinski definition) is 3. The van der Waals surface area contributed by atoms with Crippen LogP contribution in [-0.2, 0) is 4.79 Å². The van der Waals surface area contributed by atoms with Crippen LogP contribution in [0.1, 0.15) is 23.2 Å². The van der Waals surface area contributed by atoms with Gasteiger partial charge in [-0.2, -0.15) is 0 Å². The minimum atomic E-state index is -0.485. The quantitative estimate of drug-likeness (QED) is 0.697. The van der Waals surface area contributed by atoms with Crippen molar-refractivity contribution in [2.24, 2.45) is 0 Å². The largest absolute Gasteiger partial charge is 0.398 e. The zero-order chi connectivity index (χ0) is 13.1.